The van der Waals surface area contributed by atoms with Crippen molar-refractivity contribution in [3.63, 3.8) is 0 Å². The largest absolute Gasteiger partial charge is 0.384 e. The number of aromatic nitrogens is 2. The van der Waals surface area contributed by atoms with Gasteiger partial charge in [0.15, 0.2) is 0 Å². The Hall–Kier alpha value is -2.17. The molecular formula is C13H15FN4. The molecule has 0 aliphatic heterocycles. The van der Waals surface area contributed by atoms with E-state index in [1.807, 2.05) is 6.92 Å². The highest BCUT2D eigenvalue weighted by molar-refractivity contribution is 5.36. The molecule has 1 aromatic heterocycles. The summed E-state index contributed by atoms with van der Waals surface area (Å²) in [6, 6.07) is 8.23. The van der Waals surface area contributed by atoms with Gasteiger partial charge in [-0.1, -0.05) is 12.1 Å². The molecule has 3 N–H and O–H groups in total. The molecule has 5 heteroatoms. The van der Waals surface area contributed by atoms with Crippen LogP contribution >= 0.6 is 0 Å². The molecule has 1 aromatic carbocycles. The number of halogens is 1. The first-order chi connectivity index (χ1) is 8.63. The lowest BCUT2D eigenvalue weighted by Crippen LogP contribution is -2.19. The summed E-state index contributed by atoms with van der Waals surface area (Å²) in [5, 5.41) is 3.15. The molecule has 94 valence electrons. The highest BCUT2D eigenvalue weighted by Crippen LogP contribution is 2.09. The van der Waals surface area contributed by atoms with E-state index in [0.717, 1.165) is 12.0 Å². The maximum atomic E-state index is 12.8. The summed E-state index contributed by atoms with van der Waals surface area (Å²) in [5.74, 6) is 0.713. The van der Waals surface area contributed by atoms with Crippen molar-refractivity contribution in [1.29, 1.82) is 0 Å². The first-order valence-corrected chi connectivity index (χ1v) is 5.73. The second-order valence-corrected chi connectivity index (χ2v) is 4.18. The standard InChI is InChI=1S/C13H15FN4/c1-9(8-10-2-4-11(14)5-3-10)17-13-16-7-6-12(15)18-13/h2-7,9H,8H2,1H3,(H3,15,16,17,18). The van der Waals surface area contributed by atoms with Gasteiger partial charge in [-0.25, -0.2) is 9.37 Å². The number of nitrogen functional groups attached to an aromatic ring is 1. The fourth-order valence-corrected chi connectivity index (χ4v) is 1.69. The van der Waals surface area contributed by atoms with Crippen LogP contribution in [0.5, 0.6) is 0 Å². The summed E-state index contributed by atoms with van der Waals surface area (Å²) in [4.78, 5) is 8.14. The minimum atomic E-state index is -0.224. The van der Waals surface area contributed by atoms with Crippen molar-refractivity contribution in [2.24, 2.45) is 0 Å². The van der Waals surface area contributed by atoms with Crippen LogP contribution in [0.2, 0.25) is 0 Å². The van der Waals surface area contributed by atoms with Gasteiger partial charge in [0.2, 0.25) is 5.95 Å². The van der Waals surface area contributed by atoms with Gasteiger partial charge in [0.05, 0.1) is 0 Å². The molecule has 2 rings (SSSR count). The van der Waals surface area contributed by atoms with E-state index in [4.69, 9.17) is 5.73 Å². The van der Waals surface area contributed by atoms with Gasteiger partial charge in [-0.3, -0.25) is 0 Å². The Kier molecular flexibility index (Phi) is 3.72. The van der Waals surface area contributed by atoms with Crippen LogP contribution in [0.3, 0.4) is 0 Å². The van der Waals surface area contributed by atoms with Gasteiger partial charge in [-0.05, 0) is 37.1 Å². The van der Waals surface area contributed by atoms with E-state index >= 15 is 0 Å². The van der Waals surface area contributed by atoms with E-state index in [-0.39, 0.29) is 11.9 Å². The van der Waals surface area contributed by atoms with Crippen molar-refractivity contribution >= 4 is 11.8 Å². The molecule has 2 aromatic rings. The first kappa shape index (κ1) is 12.3. The molecule has 0 aliphatic rings. The Morgan fingerprint density at radius 2 is 2.00 bits per heavy atom. The summed E-state index contributed by atoms with van der Waals surface area (Å²) in [6.07, 6.45) is 2.37. The van der Waals surface area contributed by atoms with Crippen molar-refractivity contribution in [3.05, 3.63) is 47.9 Å². The highest BCUT2D eigenvalue weighted by Gasteiger charge is 2.05. The molecule has 0 bridgehead atoms. The maximum absolute atomic E-state index is 12.8. The molecule has 0 saturated carbocycles. The molecule has 1 heterocycles. The van der Waals surface area contributed by atoms with E-state index in [9.17, 15) is 4.39 Å². The van der Waals surface area contributed by atoms with Gasteiger partial charge in [0.25, 0.3) is 0 Å². The Bertz CT molecular complexity index is 513. The van der Waals surface area contributed by atoms with Crippen LogP contribution in [0.1, 0.15) is 12.5 Å². The van der Waals surface area contributed by atoms with Crippen molar-refractivity contribution in [3.8, 4) is 0 Å². The van der Waals surface area contributed by atoms with Gasteiger partial charge in [-0.15, -0.1) is 0 Å². The summed E-state index contributed by atoms with van der Waals surface area (Å²) in [6.45, 7) is 2.01. The Balaban J connectivity index is 1.96. The molecule has 1 unspecified atom stereocenters. The number of nitrogens with one attached hydrogen (secondary N) is 1. The topological polar surface area (TPSA) is 63.8 Å². The quantitative estimate of drug-likeness (QED) is 0.868. The smallest absolute Gasteiger partial charge is 0.224 e. The fraction of sp³-hybridized carbons (Fsp3) is 0.231. The van der Waals surface area contributed by atoms with Gasteiger partial charge < -0.3 is 11.1 Å². The van der Waals surface area contributed by atoms with Crippen LogP contribution in [-0.4, -0.2) is 16.0 Å². The summed E-state index contributed by atoms with van der Waals surface area (Å²) >= 11 is 0. The second kappa shape index (κ2) is 5.44. The van der Waals surface area contributed by atoms with Crippen LogP contribution in [0.15, 0.2) is 36.5 Å². The predicted octanol–water partition coefficient (Wildman–Crippen LogP) is 2.24. The Labute approximate surface area is 105 Å². The Morgan fingerprint density at radius 3 is 2.67 bits per heavy atom. The lowest BCUT2D eigenvalue weighted by molar-refractivity contribution is 0.626. The van der Waals surface area contributed by atoms with Crippen LogP contribution in [-0.2, 0) is 6.42 Å². The van der Waals surface area contributed by atoms with E-state index in [2.05, 4.69) is 15.3 Å². The zero-order valence-corrected chi connectivity index (χ0v) is 10.1. The third kappa shape index (κ3) is 3.41. The van der Waals surface area contributed by atoms with Crippen molar-refractivity contribution < 1.29 is 4.39 Å². The van der Waals surface area contributed by atoms with Crippen molar-refractivity contribution in [2.75, 3.05) is 11.1 Å². The number of hydrogen-bond acceptors (Lipinski definition) is 4. The number of benzene rings is 1. The minimum Gasteiger partial charge on any atom is -0.384 e. The number of nitrogens with two attached hydrogens (primary N) is 1. The minimum absolute atomic E-state index is 0.136. The van der Waals surface area contributed by atoms with Gasteiger partial charge in [0, 0.05) is 12.2 Å². The summed E-state index contributed by atoms with van der Waals surface area (Å²) < 4.78 is 12.8. The van der Waals surface area contributed by atoms with Crippen LogP contribution in [0.25, 0.3) is 0 Å². The normalized spacial score (nSPS) is 12.1. The van der Waals surface area contributed by atoms with Crippen LogP contribution < -0.4 is 11.1 Å². The van der Waals surface area contributed by atoms with E-state index in [1.165, 1.54) is 12.1 Å². The highest BCUT2D eigenvalue weighted by atomic mass is 19.1. The first-order valence-electron chi connectivity index (χ1n) is 5.73. The van der Waals surface area contributed by atoms with Crippen LogP contribution in [0.4, 0.5) is 16.2 Å². The molecule has 4 nitrogen and oxygen atoms in total. The van der Waals surface area contributed by atoms with Gasteiger partial charge >= 0.3 is 0 Å². The molecule has 0 amide bonds. The molecular weight excluding hydrogens is 231 g/mol. The van der Waals surface area contributed by atoms with Gasteiger partial charge in [0.1, 0.15) is 11.6 Å². The summed E-state index contributed by atoms with van der Waals surface area (Å²) in [7, 11) is 0. The molecule has 0 aliphatic carbocycles. The van der Waals surface area contributed by atoms with Crippen LogP contribution in [0, 0.1) is 5.82 Å². The average Bonchev–Trinajstić information content (AvgIpc) is 2.32. The molecule has 0 radical (unpaired) electrons. The zero-order chi connectivity index (χ0) is 13.0. The second-order valence-electron chi connectivity index (χ2n) is 4.18. The average molecular weight is 246 g/mol. The van der Waals surface area contributed by atoms with E-state index in [0.29, 0.717) is 11.8 Å². The summed E-state index contributed by atoms with van der Waals surface area (Å²) in [5.41, 5.74) is 6.63. The monoisotopic (exact) mass is 246 g/mol. The Morgan fingerprint density at radius 1 is 1.28 bits per heavy atom. The maximum Gasteiger partial charge on any atom is 0.224 e. The van der Waals surface area contributed by atoms with Crippen molar-refractivity contribution in [1.82, 2.24) is 9.97 Å². The lowest BCUT2D eigenvalue weighted by Gasteiger charge is -2.13. The number of rotatable bonds is 4. The third-order valence-electron chi connectivity index (χ3n) is 2.51. The number of anilines is 2. The van der Waals surface area contributed by atoms with Gasteiger partial charge in [-0.2, -0.15) is 4.98 Å². The molecule has 18 heavy (non-hydrogen) atoms. The lowest BCUT2D eigenvalue weighted by atomic mass is 10.1. The SMILES string of the molecule is CC(Cc1ccc(F)cc1)Nc1nccc(N)n1. The molecule has 1 atom stereocenters. The predicted molar refractivity (Wildman–Crippen MR) is 69.6 cm³/mol. The fourth-order valence-electron chi connectivity index (χ4n) is 1.69. The number of hydrogen-bond donors (Lipinski definition) is 2. The van der Waals surface area contributed by atoms with E-state index in [1.54, 1.807) is 24.4 Å². The van der Waals surface area contributed by atoms with Crippen molar-refractivity contribution in [2.45, 2.75) is 19.4 Å². The molecule has 0 saturated heterocycles. The third-order valence-corrected chi connectivity index (χ3v) is 2.51. The van der Waals surface area contributed by atoms with E-state index < -0.39 is 0 Å². The zero-order valence-electron chi connectivity index (χ0n) is 10.1. The number of nitrogens with zero attached hydrogens (tertiary/aromatic N) is 2. The molecule has 0 spiro atoms. The molecule has 0 fully saturated rings.